The number of nitrogens with zero attached hydrogens (tertiary/aromatic N) is 2. The van der Waals surface area contributed by atoms with Crippen molar-refractivity contribution in [2.45, 2.75) is 19.8 Å². The highest BCUT2D eigenvalue weighted by Crippen LogP contribution is 2.21. The fraction of sp³-hybridized carbons (Fsp3) is 0.333. The number of aromatic nitrogens is 2. The van der Waals surface area contributed by atoms with E-state index in [1.807, 2.05) is 19.1 Å². The predicted molar refractivity (Wildman–Crippen MR) is 90.9 cm³/mol. The van der Waals surface area contributed by atoms with E-state index < -0.39 is 9.84 Å². The molecule has 0 spiro atoms. The minimum Gasteiger partial charge on any atom is -0.323 e. The number of carbonyl (C=O) groups excluding carboxylic acids is 1. The lowest BCUT2D eigenvalue weighted by Crippen LogP contribution is -2.17. The number of hydrogen-bond donors (Lipinski definition) is 1. The smallest absolute Gasteiger partial charge is 0.225 e. The summed E-state index contributed by atoms with van der Waals surface area (Å²) in [5.41, 5.74) is 2.25. The number of benzene rings is 1. The van der Waals surface area contributed by atoms with Crippen molar-refractivity contribution in [3.63, 3.8) is 0 Å². The van der Waals surface area contributed by atoms with Gasteiger partial charge < -0.3 is 5.32 Å². The predicted octanol–water partition coefficient (Wildman–Crippen LogP) is 2.46. The van der Waals surface area contributed by atoms with Crippen LogP contribution < -0.4 is 5.32 Å². The van der Waals surface area contributed by atoms with Gasteiger partial charge in [-0.15, -0.1) is 0 Å². The number of carbonyl (C=O) groups is 1. The summed E-state index contributed by atoms with van der Waals surface area (Å²) in [4.78, 5) is 11.9. The van der Waals surface area contributed by atoms with Crippen LogP contribution in [-0.4, -0.2) is 36.1 Å². The number of anilines is 1. The van der Waals surface area contributed by atoms with Crippen molar-refractivity contribution in [3.05, 3.63) is 41.2 Å². The molecule has 0 fully saturated rings. The van der Waals surface area contributed by atoms with Crippen LogP contribution in [0.25, 0.3) is 5.69 Å². The molecule has 124 valence electrons. The third-order valence-electron chi connectivity index (χ3n) is 3.25. The molecule has 23 heavy (non-hydrogen) atoms. The average molecular weight is 356 g/mol. The van der Waals surface area contributed by atoms with Gasteiger partial charge in [0, 0.05) is 17.7 Å². The van der Waals surface area contributed by atoms with Gasteiger partial charge in [-0.2, -0.15) is 5.10 Å². The summed E-state index contributed by atoms with van der Waals surface area (Å²) in [6.45, 7) is 1.95. The average Bonchev–Trinajstić information content (AvgIpc) is 2.88. The van der Waals surface area contributed by atoms with Crippen LogP contribution in [0.5, 0.6) is 0 Å². The molecular formula is C15H18ClN3O3S. The van der Waals surface area contributed by atoms with Crippen LogP contribution in [-0.2, 0) is 21.1 Å². The minimum atomic E-state index is -3.16. The Hall–Kier alpha value is -1.86. The summed E-state index contributed by atoms with van der Waals surface area (Å²) >= 11 is 5.88. The zero-order valence-electron chi connectivity index (χ0n) is 12.9. The van der Waals surface area contributed by atoms with E-state index in [1.54, 1.807) is 23.0 Å². The van der Waals surface area contributed by atoms with E-state index in [-0.39, 0.29) is 18.1 Å². The molecule has 0 saturated carbocycles. The maximum atomic E-state index is 11.9. The third-order valence-corrected chi connectivity index (χ3v) is 4.45. The zero-order valence-corrected chi connectivity index (χ0v) is 14.5. The Labute approximate surface area is 140 Å². The van der Waals surface area contributed by atoms with Gasteiger partial charge >= 0.3 is 0 Å². The lowest BCUT2D eigenvalue weighted by atomic mass is 10.2. The standard InChI is InChI=1S/C15H18ClN3O3S/c1-3-14-13(18-15(20)8-9-23(2,21)22)10-17-19(14)12-6-4-11(16)5-7-12/h4-7,10H,3,8-9H2,1-2H3,(H,18,20). The Kier molecular flexibility index (Phi) is 5.43. The summed E-state index contributed by atoms with van der Waals surface area (Å²) in [5.74, 6) is -0.521. The van der Waals surface area contributed by atoms with Gasteiger partial charge in [0.25, 0.3) is 0 Å². The van der Waals surface area contributed by atoms with Crippen molar-refractivity contribution in [2.24, 2.45) is 0 Å². The number of nitrogens with one attached hydrogen (secondary N) is 1. The number of halogens is 1. The van der Waals surface area contributed by atoms with Crippen LogP contribution in [0.3, 0.4) is 0 Å². The molecule has 0 saturated heterocycles. The lowest BCUT2D eigenvalue weighted by Gasteiger charge is -2.09. The second-order valence-electron chi connectivity index (χ2n) is 5.17. The van der Waals surface area contributed by atoms with Crippen LogP contribution >= 0.6 is 11.6 Å². The highest BCUT2D eigenvalue weighted by atomic mass is 35.5. The molecule has 0 radical (unpaired) electrons. The first-order chi connectivity index (χ1) is 10.8. The molecule has 0 bridgehead atoms. The van der Waals surface area contributed by atoms with Gasteiger partial charge in [-0.05, 0) is 30.7 Å². The van der Waals surface area contributed by atoms with Gasteiger partial charge in [0.15, 0.2) is 0 Å². The van der Waals surface area contributed by atoms with Gasteiger partial charge in [-0.1, -0.05) is 18.5 Å². The topological polar surface area (TPSA) is 81.1 Å². The van der Waals surface area contributed by atoms with Crippen molar-refractivity contribution in [2.75, 3.05) is 17.3 Å². The number of rotatable bonds is 6. The molecule has 1 amide bonds. The molecule has 2 aromatic rings. The van der Waals surface area contributed by atoms with E-state index in [0.717, 1.165) is 17.6 Å². The Morgan fingerprint density at radius 1 is 1.30 bits per heavy atom. The zero-order chi connectivity index (χ0) is 17.0. The maximum absolute atomic E-state index is 11.9. The molecule has 1 aromatic heterocycles. The summed E-state index contributed by atoms with van der Waals surface area (Å²) in [6.07, 6.45) is 3.25. The monoisotopic (exact) mass is 355 g/mol. The highest BCUT2D eigenvalue weighted by Gasteiger charge is 2.14. The summed E-state index contributed by atoms with van der Waals surface area (Å²) in [6, 6.07) is 7.21. The van der Waals surface area contributed by atoms with Gasteiger partial charge in [0.2, 0.25) is 5.91 Å². The fourth-order valence-electron chi connectivity index (χ4n) is 2.11. The van der Waals surface area contributed by atoms with Crippen LogP contribution in [0.2, 0.25) is 5.02 Å². The number of sulfone groups is 1. The SMILES string of the molecule is CCc1c(NC(=O)CCS(C)(=O)=O)cnn1-c1ccc(Cl)cc1. The second kappa shape index (κ2) is 7.14. The summed E-state index contributed by atoms with van der Waals surface area (Å²) in [5, 5.41) is 7.64. The summed E-state index contributed by atoms with van der Waals surface area (Å²) in [7, 11) is -3.16. The summed E-state index contributed by atoms with van der Waals surface area (Å²) < 4.78 is 24.0. The van der Waals surface area contributed by atoms with Crippen LogP contribution in [0.15, 0.2) is 30.5 Å². The molecule has 1 N–H and O–H groups in total. The molecule has 1 heterocycles. The third kappa shape index (κ3) is 4.80. The molecule has 8 heteroatoms. The van der Waals surface area contributed by atoms with Gasteiger partial charge in [-0.3, -0.25) is 4.79 Å². The van der Waals surface area contributed by atoms with Gasteiger partial charge in [0.1, 0.15) is 9.84 Å². The van der Waals surface area contributed by atoms with E-state index in [0.29, 0.717) is 17.1 Å². The lowest BCUT2D eigenvalue weighted by molar-refractivity contribution is -0.115. The van der Waals surface area contributed by atoms with Crippen LogP contribution in [0.1, 0.15) is 19.0 Å². The first kappa shape index (κ1) is 17.5. The molecule has 0 aliphatic heterocycles. The number of hydrogen-bond acceptors (Lipinski definition) is 4. The Morgan fingerprint density at radius 3 is 2.52 bits per heavy atom. The molecule has 1 aromatic carbocycles. The van der Waals surface area contributed by atoms with Crippen molar-refractivity contribution < 1.29 is 13.2 Å². The molecule has 0 aliphatic rings. The maximum Gasteiger partial charge on any atom is 0.225 e. The van der Waals surface area contributed by atoms with Gasteiger partial charge in [0.05, 0.1) is 29.0 Å². The first-order valence-corrected chi connectivity index (χ1v) is 9.54. The Bertz CT molecular complexity index is 798. The van der Waals surface area contributed by atoms with Crippen molar-refractivity contribution in [1.82, 2.24) is 9.78 Å². The Balaban J connectivity index is 2.18. The van der Waals surface area contributed by atoms with E-state index in [4.69, 9.17) is 11.6 Å². The van der Waals surface area contributed by atoms with Crippen molar-refractivity contribution >= 4 is 33.0 Å². The highest BCUT2D eigenvalue weighted by molar-refractivity contribution is 7.90. The van der Waals surface area contributed by atoms with E-state index in [9.17, 15) is 13.2 Å². The molecule has 0 atom stereocenters. The largest absolute Gasteiger partial charge is 0.323 e. The first-order valence-electron chi connectivity index (χ1n) is 7.10. The van der Waals surface area contributed by atoms with Crippen molar-refractivity contribution in [3.8, 4) is 5.69 Å². The fourth-order valence-corrected chi connectivity index (χ4v) is 2.80. The van der Waals surface area contributed by atoms with E-state index in [1.165, 1.54) is 0 Å². The molecule has 0 unspecified atom stereocenters. The second-order valence-corrected chi connectivity index (χ2v) is 7.87. The Morgan fingerprint density at radius 2 is 1.96 bits per heavy atom. The van der Waals surface area contributed by atoms with Gasteiger partial charge in [-0.25, -0.2) is 13.1 Å². The minimum absolute atomic E-state index is 0.0753. The normalized spacial score (nSPS) is 11.4. The quantitative estimate of drug-likeness (QED) is 0.863. The van der Waals surface area contributed by atoms with Crippen molar-refractivity contribution in [1.29, 1.82) is 0 Å². The van der Waals surface area contributed by atoms with Crippen LogP contribution in [0.4, 0.5) is 5.69 Å². The molecule has 2 rings (SSSR count). The molecule has 0 aliphatic carbocycles. The molecular weight excluding hydrogens is 338 g/mol. The molecule has 6 nitrogen and oxygen atoms in total. The van der Waals surface area contributed by atoms with E-state index >= 15 is 0 Å². The van der Waals surface area contributed by atoms with E-state index in [2.05, 4.69) is 10.4 Å². The number of amides is 1. The van der Waals surface area contributed by atoms with Crippen LogP contribution in [0, 0.1) is 0 Å².